The summed E-state index contributed by atoms with van der Waals surface area (Å²) < 4.78 is 1.74. The Kier molecular flexibility index (Phi) is 15.5. The van der Waals surface area contributed by atoms with Gasteiger partial charge in [0.2, 0.25) is 0 Å². The number of aryl methyl sites for hydroxylation is 2. The molecule has 0 nitrogen and oxygen atoms in total. The third-order valence-corrected chi connectivity index (χ3v) is 13.0. The minimum Gasteiger partial charge on any atom is -0.0622 e. The van der Waals surface area contributed by atoms with Crippen LogP contribution >= 0.6 is 0 Å². The van der Waals surface area contributed by atoms with Crippen LogP contribution in [0.15, 0.2) is 152 Å². The fourth-order valence-electron chi connectivity index (χ4n) is 7.12. The number of hydrogen-bond acceptors (Lipinski definition) is 0. The van der Waals surface area contributed by atoms with Gasteiger partial charge >= 0.3 is 101 Å². The van der Waals surface area contributed by atoms with E-state index >= 15 is 0 Å². The van der Waals surface area contributed by atoms with Crippen molar-refractivity contribution >= 4 is 24.8 Å². The second-order valence-corrected chi connectivity index (χ2v) is 18.8. The summed E-state index contributed by atoms with van der Waals surface area (Å²) in [5.41, 5.74) is 7.55. The van der Waals surface area contributed by atoms with Crippen LogP contribution in [0.3, 0.4) is 0 Å². The van der Waals surface area contributed by atoms with Crippen molar-refractivity contribution in [1.29, 1.82) is 0 Å². The van der Waals surface area contributed by atoms with Crippen LogP contribution in [-0.4, -0.2) is 3.26 Å². The summed E-state index contributed by atoms with van der Waals surface area (Å²) in [5, 5.41) is 5.48. The van der Waals surface area contributed by atoms with Gasteiger partial charge in [0.15, 0.2) is 0 Å². The summed E-state index contributed by atoms with van der Waals surface area (Å²) in [6.45, 7) is 13.6. The Morgan fingerprint density at radius 2 is 1.07 bits per heavy atom. The molecule has 0 atom stereocenters. The average Bonchev–Trinajstić information content (AvgIpc) is 3.90. The molecule has 54 heavy (non-hydrogen) atoms. The van der Waals surface area contributed by atoms with Crippen molar-refractivity contribution in [2.45, 2.75) is 104 Å². The Balaban J connectivity index is 0.000000150. The Hall–Kier alpha value is -3.81. The molecule has 0 unspecified atom stereocenters. The Labute approximate surface area is 341 Å². The van der Waals surface area contributed by atoms with E-state index in [2.05, 4.69) is 187 Å². The van der Waals surface area contributed by atoms with Crippen molar-refractivity contribution < 1.29 is 23.9 Å². The van der Waals surface area contributed by atoms with Gasteiger partial charge in [-0.05, 0) is 34.8 Å². The molecule has 0 amide bonds. The van der Waals surface area contributed by atoms with E-state index in [4.69, 9.17) is 0 Å². The van der Waals surface area contributed by atoms with Crippen LogP contribution in [0.1, 0.15) is 108 Å². The van der Waals surface area contributed by atoms with Gasteiger partial charge in [-0.3, -0.25) is 6.08 Å². The van der Waals surface area contributed by atoms with Crippen LogP contribution in [0.25, 0.3) is 21.5 Å². The summed E-state index contributed by atoms with van der Waals surface area (Å²) in [6, 6.07) is 48.4. The average molecular weight is 876 g/mol. The van der Waals surface area contributed by atoms with E-state index in [1.807, 2.05) is 12.2 Å². The topological polar surface area (TPSA) is 0 Å². The maximum atomic E-state index is 2.99. The Morgan fingerprint density at radius 3 is 1.46 bits per heavy atom. The minimum absolute atomic E-state index is 0.203. The SMILES string of the molecule is CC(C)(C)c1ccc2c(c1)[cH-]c1cc(C(C)(C)C)ccc12.[C-]1=CC=CC1.[Hf+2]=[C](c1ccccc1)C1CCCCC1.c1ccc(CCc2ccccc2)cc1. The monoisotopic (exact) mass is 876 g/mol. The summed E-state index contributed by atoms with van der Waals surface area (Å²) in [7, 11) is 0. The van der Waals surface area contributed by atoms with E-state index in [-0.39, 0.29) is 10.8 Å². The number of benzene rings is 5. The molecule has 1 fully saturated rings. The summed E-state index contributed by atoms with van der Waals surface area (Å²) in [6.07, 6.45) is 19.5. The molecule has 6 aromatic rings. The smallest absolute Gasteiger partial charge is 0.0238 e. The quantitative estimate of drug-likeness (QED) is 0.120. The standard InChI is InChI=1S/C21H25.C14H14.C13H16.C5H5.Hf/c1-20(2,3)16-7-9-18-14(12-16)11-15-13-17(21(4,5)6)8-10-19(15)18;1-3-7-13(8-4-1)11-12-14-9-5-2-6-10-14;1-3-7-12(8-4-1)11-13-9-5-2-6-10-13;1-2-4-5-3-1;/h7-13H,1-6H3;1-10H,11-12H2;1,3-4,7-8,13H,2,5-6,9-10H2;1-3H,4H2;/q-1;;;-1;+2. The molecule has 0 heterocycles. The Bertz CT molecular complexity index is 1960. The number of fused-ring (bicyclic) bond motifs is 3. The molecule has 0 aromatic heterocycles. The van der Waals surface area contributed by atoms with Gasteiger partial charge < -0.3 is 0 Å². The van der Waals surface area contributed by atoms with Crippen LogP contribution in [0.2, 0.25) is 0 Å². The van der Waals surface area contributed by atoms with Gasteiger partial charge in [0.05, 0.1) is 0 Å². The fourth-order valence-corrected chi connectivity index (χ4v) is 8.75. The maximum absolute atomic E-state index is 2.99. The fraction of sp³-hybridized carbons (Fsp3) is 0.321. The molecule has 0 saturated heterocycles. The largest absolute Gasteiger partial charge is 0.0622 e. The summed E-state index contributed by atoms with van der Waals surface area (Å²) in [5.74, 6) is 0.915. The zero-order chi connectivity index (χ0) is 38.4. The second kappa shape index (κ2) is 20.2. The molecular weight excluding hydrogens is 815 g/mol. The van der Waals surface area contributed by atoms with E-state index in [0.29, 0.717) is 0 Å². The van der Waals surface area contributed by atoms with Crippen LogP contribution in [0.5, 0.6) is 0 Å². The predicted molar refractivity (Wildman–Crippen MR) is 233 cm³/mol. The Morgan fingerprint density at radius 1 is 0.611 bits per heavy atom. The van der Waals surface area contributed by atoms with Gasteiger partial charge in [-0.25, -0.2) is 12.2 Å². The van der Waals surface area contributed by atoms with E-state index < -0.39 is 0 Å². The molecule has 1 saturated carbocycles. The van der Waals surface area contributed by atoms with E-state index in [9.17, 15) is 0 Å². The van der Waals surface area contributed by atoms with Gasteiger partial charge in [-0.2, -0.15) is 6.08 Å². The molecule has 0 radical (unpaired) electrons. The van der Waals surface area contributed by atoms with Crippen LogP contribution in [0.4, 0.5) is 0 Å². The first-order chi connectivity index (χ1) is 26.0. The molecule has 0 aliphatic heterocycles. The third-order valence-electron chi connectivity index (χ3n) is 10.5. The van der Waals surface area contributed by atoms with Gasteiger partial charge in [-0.15, -0.1) is 46.2 Å². The van der Waals surface area contributed by atoms with Crippen LogP contribution in [0, 0.1) is 12.0 Å². The molecule has 1 heteroatoms. The zero-order valence-corrected chi connectivity index (χ0v) is 37.3. The van der Waals surface area contributed by atoms with Crippen LogP contribution < -0.4 is 0 Å². The first-order valence-corrected chi connectivity index (χ1v) is 21.9. The molecule has 0 bridgehead atoms. The summed E-state index contributed by atoms with van der Waals surface area (Å²) >= 11 is 1.23. The summed E-state index contributed by atoms with van der Waals surface area (Å²) in [4.78, 5) is 0. The molecule has 8 rings (SSSR count). The molecule has 2 aliphatic rings. The second-order valence-electron chi connectivity index (χ2n) is 16.8. The van der Waals surface area contributed by atoms with Gasteiger partial charge in [0.25, 0.3) is 0 Å². The van der Waals surface area contributed by atoms with Gasteiger partial charge in [-0.1, -0.05) is 138 Å². The van der Waals surface area contributed by atoms with Gasteiger partial charge in [0.1, 0.15) is 0 Å². The van der Waals surface area contributed by atoms with E-state index in [0.717, 1.165) is 25.2 Å². The number of allylic oxidation sites excluding steroid dienone is 4. The number of hydrogen-bond donors (Lipinski definition) is 0. The first-order valence-electron chi connectivity index (χ1n) is 20.1. The minimum atomic E-state index is 0.203. The van der Waals surface area contributed by atoms with E-state index in [1.54, 1.807) is 3.26 Å². The molecule has 0 N–H and O–H groups in total. The molecule has 2 aliphatic carbocycles. The van der Waals surface area contributed by atoms with Crippen molar-refractivity contribution in [3.63, 3.8) is 0 Å². The van der Waals surface area contributed by atoms with Crippen molar-refractivity contribution in [3.05, 3.63) is 186 Å². The molecule has 0 spiro atoms. The van der Waals surface area contributed by atoms with Crippen molar-refractivity contribution in [2.24, 2.45) is 5.92 Å². The van der Waals surface area contributed by atoms with Crippen molar-refractivity contribution in [2.75, 3.05) is 0 Å². The normalized spacial score (nSPS) is 14.1. The van der Waals surface area contributed by atoms with E-state index in [1.165, 1.54) is 105 Å². The first kappa shape index (κ1) is 41.4. The third kappa shape index (κ3) is 12.6. The van der Waals surface area contributed by atoms with Crippen molar-refractivity contribution in [3.8, 4) is 0 Å². The van der Waals surface area contributed by atoms with Crippen LogP contribution in [-0.2, 0) is 47.6 Å². The predicted octanol–water partition coefficient (Wildman–Crippen LogP) is 14.4. The maximum Gasteiger partial charge on any atom is -0.0238 e. The molecule has 6 aromatic carbocycles. The number of rotatable bonds is 5. The van der Waals surface area contributed by atoms with Crippen molar-refractivity contribution in [1.82, 2.24) is 0 Å². The molecule has 276 valence electrons. The molecular formula is C53H60Hf. The zero-order valence-electron chi connectivity index (χ0n) is 33.7. The van der Waals surface area contributed by atoms with Gasteiger partial charge in [0, 0.05) is 0 Å².